The number of benzene rings is 3. The molecule has 4 rings (SSSR count). The van der Waals surface area contributed by atoms with E-state index >= 15 is 0 Å². The fourth-order valence-corrected chi connectivity index (χ4v) is 4.91. The lowest BCUT2D eigenvalue weighted by atomic mass is 9.96. The van der Waals surface area contributed by atoms with Crippen LogP contribution in [-0.4, -0.2) is 24.9 Å². The summed E-state index contributed by atoms with van der Waals surface area (Å²) in [4.78, 5) is 22.4. The van der Waals surface area contributed by atoms with E-state index in [1.165, 1.54) is 43.1 Å². The number of thiophene rings is 1. The average molecular weight is 431 g/mol. The highest BCUT2D eigenvalue weighted by atomic mass is 32.1. The van der Waals surface area contributed by atoms with Gasteiger partial charge in [-0.05, 0) is 74.8 Å². The molecule has 4 aromatic rings. The van der Waals surface area contributed by atoms with Gasteiger partial charge in [0.2, 0.25) is 11.8 Å². The summed E-state index contributed by atoms with van der Waals surface area (Å²) in [6.45, 7) is 4.39. The summed E-state index contributed by atoms with van der Waals surface area (Å²) in [5, 5.41) is 11.6. The number of hydrogen-bond acceptors (Lipinski definition) is 3. The molecule has 0 fully saturated rings. The Balaban J connectivity index is 1.65. The fourth-order valence-electron chi connectivity index (χ4n) is 3.94. The molecule has 0 aliphatic rings. The largest absolute Gasteiger partial charge is 0.356 e. The van der Waals surface area contributed by atoms with Crippen molar-refractivity contribution in [2.75, 3.05) is 13.1 Å². The molecule has 31 heavy (non-hydrogen) atoms. The van der Waals surface area contributed by atoms with Crippen LogP contribution in [0.25, 0.3) is 32.0 Å². The first-order chi connectivity index (χ1) is 15.0. The van der Waals surface area contributed by atoms with Crippen LogP contribution in [0.5, 0.6) is 0 Å². The van der Waals surface area contributed by atoms with Gasteiger partial charge in [-0.2, -0.15) is 0 Å². The topological polar surface area (TPSA) is 58.2 Å². The van der Waals surface area contributed by atoms with Gasteiger partial charge in [0.25, 0.3) is 0 Å². The molecule has 0 saturated heterocycles. The maximum Gasteiger partial charge on any atom is 0.216 e. The number of rotatable bonds is 7. The molecule has 0 spiro atoms. The van der Waals surface area contributed by atoms with Crippen LogP contribution in [0.1, 0.15) is 25.0 Å². The molecule has 0 aliphatic carbocycles. The second kappa shape index (κ2) is 9.31. The summed E-state index contributed by atoms with van der Waals surface area (Å²) in [5.74, 6) is 0.00462. The third-order valence-corrected chi connectivity index (χ3v) is 6.51. The highest BCUT2D eigenvalue weighted by Gasteiger charge is 2.09. The normalized spacial score (nSPS) is 11.0. The Morgan fingerprint density at radius 2 is 1.42 bits per heavy atom. The molecule has 4 nitrogen and oxygen atoms in total. The van der Waals surface area contributed by atoms with Crippen LogP contribution >= 0.6 is 11.3 Å². The van der Waals surface area contributed by atoms with Crippen LogP contribution in [-0.2, 0) is 22.4 Å². The van der Waals surface area contributed by atoms with Crippen molar-refractivity contribution in [1.82, 2.24) is 10.6 Å². The van der Waals surface area contributed by atoms with Crippen molar-refractivity contribution in [3.05, 3.63) is 71.1 Å². The number of hydrogen-bond donors (Lipinski definition) is 2. The molecule has 2 N–H and O–H groups in total. The standard InChI is InChI=1S/C26H26N2O2S/c1-17(29)27-12-10-20-5-3-4-19-6-7-21(14-24(19)20)22-8-9-26-25(15-22)23(16-31-26)11-13-28-18(2)30/h3-9,14-16H,10-13H2,1-2H3,(H,27,29)(H,28,30). The average Bonchev–Trinajstić information content (AvgIpc) is 3.15. The molecular formula is C26H26N2O2S. The van der Waals surface area contributed by atoms with Gasteiger partial charge in [0.15, 0.2) is 0 Å². The van der Waals surface area contributed by atoms with Crippen LogP contribution in [0, 0.1) is 0 Å². The molecule has 0 aliphatic heterocycles. The molecule has 1 heterocycles. The third kappa shape index (κ3) is 4.94. The van der Waals surface area contributed by atoms with E-state index in [0.717, 1.165) is 12.8 Å². The van der Waals surface area contributed by atoms with E-state index in [0.29, 0.717) is 13.1 Å². The lowest BCUT2D eigenvalue weighted by Crippen LogP contribution is -2.22. The van der Waals surface area contributed by atoms with E-state index in [4.69, 9.17) is 0 Å². The van der Waals surface area contributed by atoms with Gasteiger partial charge in [0.05, 0.1) is 0 Å². The first kappa shape index (κ1) is 21.1. The summed E-state index contributed by atoms with van der Waals surface area (Å²) in [6, 6.07) is 19.6. The fraction of sp³-hybridized carbons (Fsp3) is 0.231. The van der Waals surface area contributed by atoms with Crippen molar-refractivity contribution < 1.29 is 9.59 Å². The zero-order valence-electron chi connectivity index (χ0n) is 17.8. The Kier molecular flexibility index (Phi) is 6.33. The molecule has 0 radical (unpaired) electrons. The zero-order valence-corrected chi connectivity index (χ0v) is 18.6. The number of carbonyl (C=O) groups excluding carboxylic acids is 2. The van der Waals surface area contributed by atoms with Crippen LogP contribution < -0.4 is 10.6 Å². The van der Waals surface area contributed by atoms with Crippen LogP contribution in [0.4, 0.5) is 0 Å². The Bertz CT molecular complexity index is 1260. The van der Waals surface area contributed by atoms with Gasteiger partial charge in [0.1, 0.15) is 0 Å². The van der Waals surface area contributed by atoms with Crippen LogP contribution in [0.2, 0.25) is 0 Å². The molecule has 3 aromatic carbocycles. The maximum absolute atomic E-state index is 11.2. The molecule has 2 amide bonds. The van der Waals surface area contributed by atoms with E-state index in [-0.39, 0.29) is 11.8 Å². The van der Waals surface area contributed by atoms with Crippen molar-refractivity contribution in [3.8, 4) is 11.1 Å². The molecule has 0 bridgehead atoms. The van der Waals surface area contributed by atoms with Crippen molar-refractivity contribution in [2.24, 2.45) is 0 Å². The lowest BCUT2D eigenvalue weighted by molar-refractivity contribution is -0.119. The summed E-state index contributed by atoms with van der Waals surface area (Å²) < 4.78 is 1.26. The SMILES string of the molecule is CC(=O)NCCc1cccc2ccc(-c3ccc4scc(CCNC(C)=O)c4c3)cc12. The summed E-state index contributed by atoms with van der Waals surface area (Å²) in [5.41, 5.74) is 4.87. The molecule has 1 aromatic heterocycles. The van der Waals surface area contributed by atoms with Gasteiger partial charge < -0.3 is 10.6 Å². The van der Waals surface area contributed by atoms with Gasteiger partial charge in [-0.15, -0.1) is 11.3 Å². The highest BCUT2D eigenvalue weighted by molar-refractivity contribution is 7.17. The molecule has 0 unspecified atom stereocenters. The lowest BCUT2D eigenvalue weighted by Gasteiger charge is -2.10. The summed E-state index contributed by atoms with van der Waals surface area (Å²) in [6.07, 6.45) is 1.63. The summed E-state index contributed by atoms with van der Waals surface area (Å²) in [7, 11) is 0. The quantitative estimate of drug-likeness (QED) is 0.430. The van der Waals surface area contributed by atoms with Crippen molar-refractivity contribution in [1.29, 1.82) is 0 Å². The minimum Gasteiger partial charge on any atom is -0.356 e. The van der Waals surface area contributed by atoms with Crippen LogP contribution in [0.3, 0.4) is 0 Å². The third-order valence-electron chi connectivity index (χ3n) is 5.50. The monoisotopic (exact) mass is 430 g/mol. The molecule has 0 saturated carbocycles. The Hall–Kier alpha value is -3.18. The van der Waals surface area contributed by atoms with Crippen molar-refractivity contribution in [2.45, 2.75) is 26.7 Å². The van der Waals surface area contributed by atoms with E-state index in [1.807, 2.05) is 0 Å². The van der Waals surface area contributed by atoms with Crippen LogP contribution in [0.15, 0.2) is 60.0 Å². The Morgan fingerprint density at radius 3 is 2.13 bits per heavy atom. The van der Waals surface area contributed by atoms with Gasteiger partial charge in [0, 0.05) is 31.6 Å². The van der Waals surface area contributed by atoms with Crippen molar-refractivity contribution in [3.63, 3.8) is 0 Å². The number of nitrogens with one attached hydrogen (secondary N) is 2. The molecule has 0 atom stereocenters. The number of amides is 2. The first-order valence-electron chi connectivity index (χ1n) is 10.5. The second-order valence-electron chi connectivity index (χ2n) is 7.79. The summed E-state index contributed by atoms with van der Waals surface area (Å²) >= 11 is 1.75. The maximum atomic E-state index is 11.2. The first-order valence-corrected chi connectivity index (χ1v) is 11.4. The van der Waals surface area contributed by atoms with Gasteiger partial charge in [-0.25, -0.2) is 0 Å². The predicted molar refractivity (Wildman–Crippen MR) is 130 cm³/mol. The second-order valence-corrected chi connectivity index (χ2v) is 8.70. The van der Waals surface area contributed by atoms with E-state index in [2.05, 4.69) is 70.6 Å². The molecule has 5 heteroatoms. The number of fused-ring (bicyclic) bond motifs is 2. The number of carbonyl (C=O) groups is 2. The molecule has 158 valence electrons. The highest BCUT2D eigenvalue weighted by Crippen LogP contribution is 2.33. The van der Waals surface area contributed by atoms with Gasteiger partial charge in [-0.3, -0.25) is 9.59 Å². The van der Waals surface area contributed by atoms with Gasteiger partial charge in [-0.1, -0.05) is 36.4 Å². The Labute approximate surface area is 186 Å². The Morgan fingerprint density at radius 1 is 0.774 bits per heavy atom. The van der Waals surface area contributed by atoms with E-state index in [9.17, 15) is 9.59 Å². The zero-order chi connectivity index (χ0) is 21.8. The van der Waals surface area contributed by atoms with Crippen molar-refractivity contribution >= 4 is 44.0 Å². The van der Waals surface area contributed by atoms with Gasteiger partial charge >= 0.3 is 0 Å². The van der Waals surface area contributed by atoms with E-state index in [1.54, 1.807) is 25.2 Å². The minimum absolute atomic E-state index is 0.000650. The predicted octanol–water partition coefficient (Wildman–Crippen LogP) is 5.08. The molecular weight excluding hydrogens is 404 g/mol. The smallest absolute Gasteiger partial charge is 0.216 e. The van der Waals surface area contributed by atoms with E-state index < -0.39 is 0 Å². The minimum atomic E-state index is -0.000650.